The van der Waals surface area contributed by atoms with Crippen LogP contribution < -0.4 is 14.8 Å². The molecule has 6 nitrogen and oxygen atoms in total. The van der Waals surface area contributed by atoms with E-state index in [2.05, 4.69) is 36.3 Å². The first-order valence-electron chi connectivity index (χ1n) is 7.28. The highest BCUT2D eigenvalue weighted by atomic mass is 32.1. The Balaban J connectivity index is 2.19. The van der Waals surface area contributed by atoms with Gasteiger partial charge in [-0.15, -0.1) is 10.2 Å². The van der Waals surface area contributed by atoms with E-state index in [1.54, 1.807) is 32.4 Å². The molecule has 1 aromatic carbocycles. The smallest absolute Gasteiger partial charge is 0.257 e. The third kappa shape index (κ3) is 3.98. The fourth-order valence-electron chi connectivity index (χ4n) is 1.81. The highest BCUT2D eigenvalue weighted by Gasteiger charge is 2.23. The van der Waals surface area contributed by atoms with Crippen molar-refractivity contribution in [3.8, 4) is 11.5 Å². The van der Waals surface area contributed by atoms with Gasteiger partial charge in [-0.05, 0) is 18.6 Å². The van der Waals surface area contributed by atoms with Crippen LogP contribution in [0.4, 0.5) is 5.13 Å². The summed E-state index contributed by atoms with van der Waals surface area (Å²) < 4.78 is 10.4. The van der Waals surface area contributed by atoms with E-state index >= 15 is 0 Å². The molecule has 2 rings (SSSR count). The first-order valence-corrected chi connectivity index (χ1v) is 8.09. The zero-order chi connectivity index (χ0) is 17.0. The monoisotopic (exact) mass is 335 g/mol. The number of aromatic nitrogens is 2. The number of anilines is 1. The maximum Gasteiger partial charge on any atom is 0.257 e. The number of benzene rings is 1. The van der Waals surface area contributed by atoms with E-state index in [4.69, 9.17) is 9.47 Å². The quantitative estimate of drug-likeness (QED) is 0.874. The van der Waals surface area contributed by atoms with Gasteiger partial charge in [0.2, 0.25) is 5.13 Å². The highest BCUT2D eigenvalue weighted by molar-refractivity contribution is 7.15. The third-order valence-corrected chi connectivity index (χ3v) is 4.93. The first-order chi connectivity index (χ1) is 10.9. The van der Waals surface area contributed by atoms with Gasteiger partial charge in [0.05, 0.1) is 14.2 Å². The van der Waals surface area contributed by atoms with Crippen LogP contribution in [-0.4, -0.2) is 30.3 Å². The van der Waals surface area contributed by atoms with E-state index in [0.717, 1.165) is 11.4 Å². The number of nitrogens with one attached hydrogen (secondary N) is 1. The predicted molar refractivity (Wildman–Crippen MR) is 90.7 cm³/mol. The third-order valence-electron chi connectivity index (χ3n) is 3.72. The zero-order valence-electron chi connectivity index (χ0n) is 14.0. The fourth-order valence-corrected chi connectivity index (χ4v) is 2.72. The lowest BCUT2D eigenvalue weighted by molar-refractivity contribution is 0.102. The molecule has 0 bridgehead atoms. The van der Waals surface area contributed by atoms with Gasteiger partial charge in [-0.1, -0.05) is 32.1 Å². The van der Waals surface area contributed by atoms with Crippen molar-refractivity contribution in [3.63, 3.8) is 0 Å². The second-order valence-electron chi connectivity index (χ2n) is 5.71. The van der Waals surface area contributed by atoms with Gasteiger partial charge in [0.1, 0.15) is 16.5 Å². The van der Waals surface area contributed by atoms with Crippen LogP contribution in [-0.2, 0) is 5.41 Å². The molecular formula is C16H21N3O3S. The fraction of sp³-hybridized carbons (Fsp3) is 0.438. The summed E-state index contributed by atoms with van der Waals surface area (Å²) in [4.78, 5) is 12.4. The summed E-state index contributed by atoms with van der Waals surface area (Å²) in [6.07, 6.45) is 0.947. The SMILES string of the molecule is CCC(C)(C)c1nnc(NC(=O)c2cc(OC)cc(OC)c2)s1. The summed E-state index contributed by atoms with van der Waals surface area (Å²) in [5.41, 5.74) is 0.382. The normalized spacial score (nSPS) is 11.2. The summed E-state index contributed by atoms with van der Waals surface area (Å²) in [7, 11) is 3.08. The molecule has 0 aliphatic heterocycles. The molecular weight excluding hydrogens is 314 g/mol. The predicted octanol–water partition coefficient (Wildman–Crippen LogP) is 3.50. The van der Waals surface area contributed by atoms with Crippen LogP contribution >= 0.6 is 11.3 Å². The Morgan fingerprint density at radius 1 is 1.17 bits per heavy atom. The van der Waals surface area contributed by atoms with Crippen molar-refractivity contribution in [2.45, 2.75) is 32.6 Å². The number of ether oxygens (including phenoxy) is 2. The van der Waals surface area contributed by atoms with E-state index < -0.39 is 0 Å². The van der Waals surface area contributed by atoms with Gasteiger partial charge < -0.3 is 9.47 Å². The average molecular weight is 335 g/mol. The molecule has 0 saturated heterocycles. The van der Waals surface area contributed by atoms with Crippen molar-refractivity contribution in [1.82, 2.24) is 10.2 Å². The molecule has 0 spiro atoms. The highest BCUT2D eigenvalue weighted by Crippen LogP contribution is 2.31. The Labute approximate surface area is 139 Å². The molecule has 1 amide bonds. The second-order valence-corrected chi connectivity index (χ2v) is 6.68. The minimum atomic E-state index is -0.279. The Morgan fingerprint density at radius 3 is 2.30 bits per heavy atom. The summed E-state index contributed by atoms with van der Waals surface area (Å²) in [6, 6.07) is 5.01. The molecule has 7 heteroatoms. The molecule has 23 heavy (non-hydrogen) atoms. The number of carbonyl (C=O) groups excluding carboxylic acids is 1. The molecule has 0 saturated carbocycles. The van der Waals surface area contributed by atoms with Crippen molar-refractivity contribution in [2.24, 2.45) is 0 Å². The van der Waals surface area contributed by atoms with E-state index in [1.165, 1.54) is 11.3 Å². The number of rotatable bonds is 6. The molecule has 0 unspecified atom stereocenters. The number of hydrogen-bond acceptors (Lipinski definition) is 6. The summed E-state index contributed by atoms with van der Waals surface area (Å²) >= 11 is 1.39. The maximum absolute atomic E-state index is 12.4. The Bertz CT molecular complexity index is 675. The number of hydrogen-bond donors (Lipinski definition) is 1. The van der Waals surface area contributed by atoms with Gasteiger partial charge in [0, 0.05) is 17.0 Å². The van der Waals surface area contributed by atoms with Crippen LogP contribution in [0.25, 0.3) is 0 Å². The zero-order valence-corrected chi connectivity index (χ0v) is 14.8. The van der Waals surface area contributed by atoms with E-state index in [1.807, 2.05) is 0 Å². The van der Waals surface area contributed by atoms with Crippen LogP contribution in [0.15, 0.2) is 18.2 Å². The lowest BCUT2D eigenvalue weighted by Crippen LogP contribution is -2.14. The molecule has 0 fully saturated rings. The number of methoxy groups -OCH3 is 2. The van der Waals surface area contributed by atoms with Gasteiger partial charge in [-0.3, -0.25) is 10.1 Å². The first kappa shape index (κ1) is 17.2. The Morgan fingerprint density at radius 2 is 1.78 bits per heavy atom. The van der Waals surface area contributed by atoms with Crippen LogP contribution in [0.2, 0.25) is 0 Å². The lowest BCUT2D eigenvalue weighted by Gasteiger charge is -2.17. The summed E-state index contributed by atoms with van der Waals surface area (Å²) in [5, 5.41) is 12.4. The molecule has 1 heterocycles. The van der Waals surface area contributed by atoms with Crippen LogP contribution in [0.3, 0.4) is 0 Å². The molecule has 0 atom stereocenters. The van der Waals surface area contributed by atoms with Crippen molar-refractivity contribution >= 4 is 22.4 Å². The second kappa shape index (κ2) is 6.95. The number of carbonyl (C=O) groups is 1. The van der Waals surface area contributed by atoms with Gasteiger partial charge in [-0.2, -0.15) is 0 Å². The number of nitrogens with zero attached hydrogens (tertiary/aromatic N) is 2. The van der Waals surface area contributed by atoms with Crippen LogP contribution in [0, 0.1) is 0 Å². The maximum atomic E-state index is 12.4. The van der Waals surface area contributed by atoms with Gasteiger partial charge in [0.25, 0.3) is 5.91 Å². The lowest BCUT2D eigenvalue weighted by atomic mass is 9.91. The van der Waals surface area contributed by atoms with Gasteiger partial charge in [0.15, 0.2) is 0 Å². The van der Waals surface area contributed by atoms with Crippen molar-refractivity contribution in [2.75, 3.05) is 19.5 Å². The molecule has 2 aromatic rings. The van der Waals surface area contributed by atoms with Gasteiger partial charge in [-0.25, -0.2) is 0 Å². The molecule has 1 aromatic heterocycles. The van der Waals surface area contributed by atoms with E-state index in [0.29, 0.717) is 22.2 Å². The van der Waals surface area contributed by atoms with E-state index in [9.17, 15) is 4.79 Å². The summed E-state index contributed by atoms with van der Waals surface area (Å²) in [6.45, 7) is 6.31. The number of amides is 1. The molecule has 124 valence electrons. The summed E-state index contributed by atoms with van der Waals surface area (Å²) in [5.74, 6) is 0.832. The largest absolute Gasteiger partial charge is 0.497 e. The van der Waals surface area contributed by atoms with Crippen LogP contribution in [0.5, 0.6) is 11.5 Å². The van der Waals surface area contributed by atoms with Crippen molar-refractivity contribution in [1.29, 1.82) is 0 Å². The minimum absolute atomic E-state index is 0.0557. The molecule has 0 aliphatic rings. The van der Waals surface area contributed by atoms with Crippen molar-refractivity contribution < 1.29 is 14.3 Å². The Kier molecular flexibility index (Phi) is 5.20. The van der Waals surface area contributed by atoms with Gasteiger partial charge >= 0.3 is 0 Å². The van der Waals surface area contributed by atoms with Crippen molar-refractivity contribution in [3.05, 3.63) is 28.8 Å². The van der Waals surface area contributed by atoms with Crippen LogP contribution in [0.1, 0.15) is 42.6 Å². The average Bonchev–Trinajstić information content (AvgIpc) is 3.03. The van der Waals surface area contributed by atoms with E-state index in [-0.39, 0.29) is 11.3 Å². The molecule has 0 radical (unpaired) electrons. The molecule has 0 aliphatic carbocycles. The minimum Gasteiger partial charge on any atom is -0.497 e. The standard InChI is InChI=1S/C16H21N3O3S/c1-6-16(2,3)14-18-19-15(23-14)17-13(20)10-7-11(21-4)9-12(8-10)22-5/h7-9H,6H2,1-5H3,(H,17,19,20). The molecule has 1 N–H and O–H groups in total. The Hall–Kier alpha value is -2.15. The topological polar surface area (TPSA) is 73.3 Å².